The van der Waals surface area contributed by atoms with Crippen LogP contribution >= 0.6 is 11.6 Å². The van der Waals surface area contributed by atoms with Crippen LogP contribution in [0.25, 0.3) is 0 Å². The molecule has 3 rings (SSSR count). The Morgan fingerprint density at radius 1 is 0.806 bits per heavy atom. The molecule has 0 atom stereocenters. The highest BCUT2D eigenvalue weighted by molar-refractivity contribution is 6.41. The van der Waals surface area contributed by atoms with E-state index in [4.69, 9.17) is 16.3 Å². The predicted molar refractivity (Wildman–Crippen MR) is 118 cm³/mol. The maximum Gasteiger partial charge on any atom is 0.343 e. The molecule has 2 amide bonds. The van der Waals surface area contributed by atoms with Crippen molar-refractivity contribution in [3.63, 3.8) is 0 Å². The topological polar surface area (TPSA) is 96.9 Å². The van der Waals surface area contributed by atoms with Gasteiger partial charge >= 0.3 is 17.8 Å². The molecule has 0 aliphatic carbocycles. The molecule has 156 valence electrons. The van der Waals surface area contributed by atoms with Crippen LogP contribution < -0.4 is 15.5 Å². The average Bonchev–Trinajstić information content (AvgIpc) is 2.79. The fraction of sp³-hybridized carbons (Fsp3) is 0.0435. The number of rotatable bonds is 5. The zero-order valence-corrected chi connectivity index (χ0v) is 17.2. The summed E-state index contributed by atoms with van der Waals surface area (Å²) in [4.78, 5) is 36.0. The molecule has 7 nitrogen and oxygen atoms in total. The van der Waals surface area contributed by atoms with Gasteiger partial charge in [0, 0.05) is 0 Å². The van der Waals surface area contributed by atoms with Gasteiger partial charge in [0.15, 0.2) is 0 Å². The van der Waals surface area contributed by atoms with Crippen LogP contribution in [-0.2, 0) is 9.59 Å². The lowest BCUT2D eigenvalue weighted by atomic mass is 10.1. The van der Waals surface area contributed by atoms with Crippen molar-refractivity contribution in [1.82, 2.24) is 5.43 Å². The van der Waals surface area contributed by atoms with E-state index in [1.165, 1.54) is 0 Å². The second kappa shape index (κ2) is 10.2. The Morgan fingerprint density at radius 3 is 2.13 bits per heavy atom. The number of carbonyl (C=O) groups is 3. The van der Waals surface area contributed by atoms with E-state index in [2.05, 4.69) is 15.8 Å². The van der Waals surface area contributed by atoms with E-state index >= 15 is 0 Å². The summed E-state index contributed by atoms with van der Waals surface area (Å²) in [6, 6.07) is 21.8. The number of nitrogens with zero attached hydrogens (tertiary/aromatic N) is 1. The molecule has 31 heavy (non-hydrogen) atoms. The van der Waals surface area contributed by atoms with Crippen LogP contribution in [0.4, 0.5) is 5.69 Å². The van der Waals surface area contributed by atoms with Crippen LogP contribution in [0, 0.1) is 0 Å². The van der Waals surface area contributed by atoms with Crippen molar-refractivity contribution in [2.45, 2.75) is 6.92 Å². The summed E-state index contributed by atoms with van der Waals surface area (Å²) in [5, 5.41) is 6.66. The molecule has 3 aromatic rings. The lowest BCUT2D eigenvalue weighted by Gasteiger charge is -2.07. The summed E-state index contributed by atoms with van der Waals surface area (Å²) in [6.07, 6.45) is 0. The highest BCUT2D eigenvalue weighted by Gasteiger charge is 2.14. The number of nitrogens with one attached hydrogen (secondary N) is 2. The van der Waals surface area contributed by atoms with E-state index in [-0.39, 0.29) is 0 Å². The molecule has 0 spiro atoms. The van der Waals surface area contributed by atoms with Gasteiger partial charge in [0.05, 0.1) is 22.0 Å². The smallest absolute Gasteiger partial charge is 0.343 e. The van der Waals surface area contributed by atoms with Crippen LogP contribution in [-0.4, -0.2) is 23.5 Å². The molecule has 2 N–H and O–H groups in total. The quantitative estimate of drug-likeness (QED) is 0.208. The number of esters is 1. The Labute approximate surface area is 183 Å². The molecule has 0 bridgehead atoms. The molecule has 0 unspecified atom stereocenters. The van der Waals surface area contributed by atoms with E-state index < -0.39 is 17.8 Å². The maximum absolute atomic E-state index is 12.1. The molecule has 3 aromatic carbocycles. The van der Waals surface area contributed by atoms with Crippen molar-refractivity contribution in [1.29, 1.82) is 0 Å². The Balaban J connectivity index is 1.57. The fourth-order valence-electron chi connectivity index (χ4n) is 2.50. The summed E-state index contributed by atoms with van der Waals surface area (Å²) < 4.78 is 5.32. The molecule has 0 fully saturated rings. The van der Waals surface area contributed by atoms with Crippen molar-refractivity contribution in [3.8, 4) is 5.75 Å². The van der Waals surface area contributed by atoms with Crippen LogP contribution in [0.2, 0.25) is 5.02 Å². The van der Waals surface area contributed by atoms with Gasteiger partial charge in [-0.15, -0.1) is 0 Å². The summed E-state index contributed by atoms with van der Waals surface area (Å²) in [6.45, 7) is 1.66. The maximum atomic E-state index is 12.1. The molecule has 0 saturated heterocycles. The third-order valence-electron chi connectivity index (χ3n) is 4.15. The van der Waals surface area contributed by atoms with Crippen LogP contribution in [0.15, 0.2) is 84.0 Å². The largest absolute Gasteiger partial charge is 0.423 e. The Morgan fingerprint density at radius 2 is 1.45 bits per heavy atom. The highest BCUT2D eigenvalue weighted by Crippen LogP contribution is 2.20. The van der Waals surface area contributed by atoms with Crippen molar-refractivity contribution in [2.24, 2.45) is 5.10 Å². The third kappa shape index (κ3) is 6.01. The molecule has 0 heterocycles. The molecule has 0 aromatic heterocycles. The van der Waals surface area contributed by atoms with E-state index in [1.54, 1.807) is 79.7 Å². The molecular formula is C23H18ClN3O4. The Kier molecular flexibility index (Phi) is 7.13. The van der Waals surface area contributed by atoms with Gasteiger partial charge in [-0.05, 0) is 61.0 Å². The van der Waals surface area contributed by atoms with Gasteiger partial charge in [-0.1, -0.05) is 41.9 Å². The SMILES string of the molecule is CC(=NNC(=O)C(=O)Nc1ccccc1Cl)c1ccc(OC(=O)c2ccccc2)cc1. The zero-order valence-electron chi connectivity index (χ0n) is 16.5. The number of hydrogen-bond acceptors (Lipinski definition) is 5. The van der Waals surface area contributed by atoms with Crippen LogP contribution in [0.3, 0.4) is 0 Å². The monoisotopic (exact) mass is 435 g/mol. The summed E-state index contributed by atoms with van der Waals surface area (Å²) >= 11 is 5.95. The van der Waals surface area contributed by atoms with E-state index in [1.807, 2.05) is 6.07 Å². The molecule has 0 aliphatic rings. The normalized spacial score (nSPS) is 10.8. The number of halogens is 1. The Bertz CT molecular complexity index is 1130. The average molecular weight is 436 g/mol. The minimum Gasteiger partial charge on any atom is -0.423 e. The first-order valence-corrected chi connectivity index (χ1v) is 9.59. The number of hydrogen-bond donors (Lipinski definition) is 2. The number of amides is 2. The number of hydrazone groups is 1. The van der Waals surface area contributed by atoms with Gasteiger partial charge in [-0.3, -0.25) is 9.59 Å². The molecule has 0 radical (unpaired) electrons. The van der Waals surface area contributed by atoms with E-state index in [0.29, 0.717) is 33.3 Å². The minimum atomic E-state index is -0.937. The van der Waals surface area contributed by atoms with Crippen molar-refractivity contribution >= 4 is 40.8 Å². The van der Waals surface area contributed by atoms with Crippen molar-refractivity contribution in [2.75, 3.05) is 5.32 Å². The number of anilines is 1. The van der Waals surface area contributed by atoms with E-state index in [0.717, 1.165) is 0 Å². The van der Waals surface area contributed by atoms with Crippen LogP contribution in [0.1, 0.15) is 22.8 Å². The second-order valence-corrected chi connectivity index (χ2v) is 6.76. The Hall–Kier alpha value is -3.97. The van der Waals surface area contributed by atoms with Crippen molar-refractivity contribution in [3.05, 3.63) is 95.0 Å². The highest BCUT2D eigenvalue weighted by atomic mass is 35.5. The predicted octanol–water partition coefficient (Wildman–Crippen LogP) is 4.04. The van der Waals surface area contributed by atoms with Gasteiger partial charge in [0.25, 0.3) is 0 Å². The van der Waals surface area contributed by atoms with Gasteiger partial charge in [0.1, 0.15) is 5.75 Å². The molecule has 0 saturated carbocycles. The minimum absolute atomic E-state index is 0.316. The molecule has 8 heteroatoms. The van der Waals surface area contributed by atoms with Crippen molar-refractivity contribution < 1.29 is 19.1 Å². The zero-order chi connectivity index (χ0) is 22.2. The van der Waals surface area contributed by atoms with E-state index in [9.17, 15) is 14.4 Å². The first kappa shape index (κ1) is 21.7. The van der Waals surface area contributed by atoms with Gasteiger partial charge in [0.2, 0.25) is 0 Å². The van der Waals surface area contributed by atoms with Gasteiger partial charge < -0.3 is 10.1 Å². The number of carbonyl (C=O) groups excluding carboxylic acids is 3. The number of ether oxygens (including phenoxy) is 1. The van der Waals surface area contributed by atoms with Gasteiger partial charge in [-0.2, -0.15) is 5.10 Å². The number of para-hydroxylation sites is 1. The second-order valence-electron chi connectivity index (χ2n) is 6.35. The summed E-state index contributed by atoms with van der Waals surface area (Å²) in [5.41, 5.74) is 4.10. The lowest BCUT2D eigenvalue weighted by Crippen LogP contribution is -2.33. The van der Waals surface area contributed by atoms with Crippen LogP contribution in [0.5, 0.6) is 5.75 Å². The number of benzene rings is 3. The summed E-state index contributed by atoms with van der Waals surface area (Å²) in [7, 11) is 0. The fourth-order valence-corrected chi connectivity index (χ4v) is 2.68. The first-order valence-electron chi connectivity index (χ1n) is 9.22. The third-order valence-corrected chi connectivity index (χ3v) is 4.48. The van der Waals surface area contributed by atoms with Gasteiger partial charge in [-0.25, -0.2) is 10.2 Å². The standard InChI is InChI=1S/C23H18ClN3O4/c1-15(26-27-22(29)21(28)25-20-10-6-5-9-19(20)24)16-11-13-18(14-12-16)31-23(30)17-7-3-2-4-8-17/h2-14H,1H3,(H,25,28)(H,27,29). The summed E-state index contributed by atoms with van der Waals surface area (Å²) in [5.74, 6) is -1.93. The lowest BCUT2D eigenvalue weighted by molar-refractivity contribution is -0.136. The molecule has 0 aliphatic heterocycles. The molecular weight excluding hydrogens is 418 g/mol. The first-order chi connectivity index (χ1) is 14.9.